The first-order chi connectivity index (χ1) is 14.0. The summed E-state index contributed by atoms with van der Waals surface area (Å²) in [5.41, 5.74) is 3.41. The Balaban J connectivity index is 1.55. The summed E-state index contributed by atoms with van der Waals surface area (Å²) in [5.74, 6) is 0.529. The van der Waals surface area contributed by atoms with Crippen LogP contribution in [0, 0.1) is 17.0 Å². The first kappa shape index (κ1) is 20.7. The Morgan fingerprint density at radius 1 is 1.38 bits per heavy atom. The fourth-order valence-electron chi connectivity index (χ4n) is 2.64. The molecule has 0 radical (unpaired) electrons. The van der Waals surface area contributed by atoms with E-state index in [-0.39, 0.29) is 17.3 Å². The molecule has 0 saturated carbocycles. The topological polar surface area (TPSA) is 123 Å². The lowest BCUT2D eigenvalue weighted by molar-refractivity contribution is -0.385. The molecule has 1 aliphatic rings. The van der Waals surface area contributed by atoms with Gasteiger partial charge >= 0.3 is 0 Å². The molecule has 29 heavy (non-hydrogen) atoms. The highest BCUT2D eigenvalue weighted by atomic mass is 32.2. The number of thioether (sulfide) groups is 1. The highest BCUT2D eigenvalue weighted by Gasteiger charge is 2.15. The number of aryl methyl sites for hydroxylation is 1. The first-order valence-electron chi connectivity index (χ1n) is 8.89. The van der Waals surface area contributed by atoms with Crippen LogP contribution in [0.2, 0.25) is 0 Å². The maximum absolute atomic E-state index is 12.0. The number of nitro benzene ring substituents is 1. The molecule has 0 atom stereocenters. The average molecular weight is 416 g/mol. The number of hydrogen-bond donors (Lipinski definition) is 1. The van der Waals surface area contributed by atoms with Crippen LogP contribution in [0.5, 0.6) is 0 Å². The van der Waals surface area contributed by atoms with Crippen molar-refractivity contribution in [2.45, 2.75) is 12.1 Å². The number of nitro groups is 1. The minimum Gasteiger partial charge on any atom is -0.378 e. The van der Waals surface area contributed by atoms with E-state index in [1.54, 1.807) is 18.2 Å². The van der Waals surface area contributed by atoms with Crippen molar-refractivity contribution in [2.75, 3.05) is 37.0 Å². The SMILES string of the molecule is Cc1cc(N2CCOCC2)nc(SCC(=O)NN=Cc2ccccc2[N+](=O)[O-])n1. The van der Waals surface area contributed by atoms with Crippen LogP contribution in [-0.2, 0) is 9.53 Å². The number of hydrazone groups is 1. The number of ether oxygens (including phenoxy) is 1. The van der Waals surface area contributed by atoms with Crippen LogP contribution < -0.4 is 10.3 Å². The van der Waals surface area contributed by atoms with Gasteiger partial charge in [-0.25, -0.2) is 15.4 Å². The Hall–Kier alpha value is -3.05. The van der Waals surface area contributed by atoms with E-state index in [2.05, 4.69) is 25.4 Å². The average Bonchev–Trinajstić information content (AvgIpc) is 2.73. The van der Waals surface area contributed by atoms with Crippen LogP contribution >= 0.6 is 11.8 Å². The molecule has 0 bridgehead atoms. The standard InChI is InChI=1S/C18H20N6O4S/c1-13-10-16(23-6-8-28-9-7-23)21-18(20-13)29-12-17(25)22-19-11-14-4-2-3-5-15(14)24(26)27/h2-5,10-11H,6-9,12H2,1H3,(H,22,25). The van der Waals surface area contributed by atoms with Gasteiger partial charge in [0.25, 0.3) is 11.6 Å². The molecule has 1 saturated heterocycles. The third-order valence-electron chi connectivity index (χ3n) is 4.01. The van der Waals surface area contributed by atoms with Gasteiger partial charge in [0.2, 0.25) is 0 Å². The third-order valence-corrected chi connectivity index (χ3v) is 4.86. The molecule has 1 aromatic carbocycles. The maximum atomic E-state index is 12.0. The molecule has 0 spiro atoms. The van der Waals surface area contributed by atoms with Gasteiger partial charge in [-0.2, -0.15) is 5.10 Å². The monoisotopic (exact) mass is 416 g/mol. The molecule has 1 amide bonds. The molecule has 3 rings (SSSR count). The van der Waals surface area contributed by atoms with Crippen molar-refractivity contribution >= 4 is 35.4 Å². The molecule has 1 N–H and O–H groups in total. The van der Waals surface area contributed by atoms with E-state index < -0.39 is 4.92 Å². The molecule has 1 aliphatic heterocycles. The number of nitrogens with one attached hydrogen (secondary N) is 1. The Morgan fingerprint density at radius 3 is 2.90 bits per heavy atom. The number of benzene rings is 1. The lowest BCUT2D eigenvalue weighted by Gasteiger charge is -2.28. The number of aromatic nitrogens is 2. The summed E-state index contributed by atoms with van der Waals surface area (Å²) in [6.45, 7) is 4.73. The van der Waals surface area contributed by atoms with E-state index in [9.17, 15) is 14.9 Å². The third kappa shape index (κ3) is 5.96. The minimum absolute atomic E-state index is 0.0697. The normalized spacial score (nSPS) is 14.2. The van der Waals surface area contributed by atoms with Crippen molar-refractivity contribution in [3.63, 3.8) is 0 Å². The maximum Gasteiger partial charge on any atom is 0.278 e. The summed E-state index contributed by atoms with van der Waals surface area (Å²) in [5, 5.41) is 15.3. The molecule has 1 aromatic heterocycles. The summed E-state index contributed by atoms with van der Waals surface area (Å²) >= 11 is 1.20. The number of anilines is 1. The summed E-state index contributed by atoms with van der Waals surface area (Å²) in [6.07, 6.45) is 1.25. The van der Waals surface area contributed by atoms with Crippen LogP contribution in [0.1, 0.15) is 11.3 Å². The summed E-state index contributed by atoms with van der Waals surface area (Å²) in [6, 6.07) is 8.06. The molecule has 11 heteroatoms. The van der Waals surface area contributed by atoms with Crippen molar-refractivity contribution < 1.29 is 14.5 Å². The molecule has 1 fully saturated rings. The Bertz CT molecular complexity index is 917. The van der Waals surface area contributed by atoms with Crippen molar-refractivity contribution in [2.24, 2.45) is 5.10 Å². The van der Waals surface area contributed by atoms with Gasteiger partial charge in [-0.15, -0.1) is 0 Å². The quantitative estimate of drug-likeness (QED) is 0.238. The fourth-order valence-corrected chi connectivity index (χ4v) is 3.33. The number of rotatable bonds is 7. The molecular formula is C18H20N6O4S. The molecule has 152 valence electrons. The van der Waals surface area contributed by atoms with Gasteiger partial charge in [-0.1, -0.05) is 23.9 Å². The zero-order valence-corrected chi connectivity index (χ0v) is 16.6. The van der Waals surface area contributed by atoms with Crippen LogP contribution in [-0.4, -0.2) is 59.1 Å². The highest BCUT2D eigenvalue weighted by molar-refractivity contribution is 7.99. The number of para-hydroxylation sites is 1. The van der Waals surface area contributed by atoms with Crippen molar-refractivity contribution in [3.8, 4) is 0 Å². The van der Waals surface area contributed by atoms with E-state index in [4.69, 9.17) is 4.74 Å². The number of morpholine rings is 1. The van der Waals surface area contributed by atoms with Crippen molar-refractivity contribution in [1.82, 2.24) is 15.4 Å². The lowest BCUT2D eigenvalue weighted by atomic mass is 10.2. The van der Waals surface area contributed by atoms with Gasteiger partial charge in [-0.3, -0.25) is 14.9 Å². The van der Waals surface area contributed by atoms with Crippen molar-refractivity contribution in [1.29, 1.82) is 0 Å². The Morgan fingerprint density at radius 2 is 2.14 bits per heavy atom. The molecule has 0 aliphatic carbocycles. The van der Waals surface area contributed by atoms with Gasteiger partial charge in [0.15, 0.2) is 5.16 Å². The van der Waals surface area contributed by atoms with Crippen LogP contribution in [0.4, 0.5) is 11.5 Å². The van der Waals surface area contributed by atoms with Crippen molar-refractivity contribution in [3.05, 3.63) is 51.7 Å². The number of amides is 1. The smallest absolute Gasteiger partial charge is 0.278 e. The predicted molar refractivity (Wildman–Crippen MR) is 109 cm³/mol. The van der Waals surface area contributed by atoms with E-state index >= 15 is 0 Å². The summed E-state index contributed by atoms with van der Waals surface area (Å²) < 4.78 is 5.36. The largest absolute Gasteiger partial charge is 0.378 e. The van der Waals surface area contributed by atoms with Gasteiger partial charge < -0.3 is 9.64 Å². The molecule has 2 aromatic rings. The van der Waals surface area contributed by atoms with Gasteiger partial charge in [0.1, 0.15) is 5.82 Å². The van der Waals surface area contributed by atoms with Gasteiger partial charge in [-0.05, 0) is 13.0 Å². The van der Waals surface area contributed by atoms with E-state index in [1.807, 2.05) is 13.0 Å². The highest BCUT2D eigenvalue weighted by Crippen LogP contribution is 2.20. The van der Waals surface area contributed by atoms with Crippen LogP contribution in [0.25, 0.3) is 0 Å². The predicted octanol–water partition coefficient (Wildman–Crippen LogP) is 1.77. The van der Waals surface area contributed by atoms with Gasteiger partial charge in [0.05, 0.1) is 35.7 Å². The molecule has 2 heterocycles. The second-order valence-electron chi connectivity index (χ2n) is 6.15. The van der Waals surface area contributed by atoms with Gasteiger partial charge in [0, 0.05) is 30.9 Å². The molecule has 0 unspecified atom stereocenters. The lowest BCUT2D eigenvalue weighted by Crippen LogP contribution is -2.36. The van der Waals surface area contributed by atoms with E-state index in [1.165, 1.54) is 24.0 Å². The van der Waals surface area contributed by atoms with E-state index in [0.29, 0.717) is 23.9 Å². The zero-order chi connectivity index (χ0) is 20.6. The second-order valence-corrected chi connectivity index (χ2v) is 7.09. The number of nitrogens with zero attached hydrogens (tertiary/aromatic N) is 5. The summed E-state index contributed by atoms with van der Waals surface area (Å²) in [4.78, 5) is 33.5. The summed E-state index contributed by atoms with van der Waals surface area (Å²) in [7, 11) is 0. The minimum atomic E-state index is -0.500. The second kappa shape index (κ2) is 9.94. The number of hydrogen-bond acceptors (Lipinski definition) is 9. The van der Waals surface area contributed by atoms with E-state index in [0.717, 1.165) is 24.6 Å². The zero-order valence-electron chi connectivity index (χ0n) is 15.8. The number of carbonyl (C=O) groups is 1. The Kier molecular flexibility index (Phi) is 7.09. The number of carbonyl (C=O) groups excluding carboxylic acids is 1. The Labute approximate surface area is 171 Å². The van der Waals surface area contributed by atoms with Crippen LogP contribution in [0.3, 0.4) is 0 Å². The first-order valence-corrected chi connectivity index (χ1v) is 9.88. The molecule has 10 nitrogen and oxygen atoms in total. The fraction of sp³-hybridized carbons (Fsp3) is 0.333. The van der Waals surface area contributed by atoms with Crippen LogP contribution in [0.15, 0.2) is 40.6 Å². The molecular weight excluding hydrogens is 396 g/mol.